The Morgan fingerprint density at radius 1 is 1.11 bits per heavy atom. The molecule has 1 aromatic rings. The topological polar surface area (TPSA) is 20.2 Å². The zero-order valence-electron chi connectivity index (χ0n) is 11.0. The second-order valence-corrected chi connectivity index (χ2v) is 5.21. The van der Waals surface area contributed by atoms with Crippen LogP contribution in [0.2, 0.25) is 5.02 Å². The van der Waals surface area contributed by atoms with Crippen molar-refractivity contribution in [2.75, 3.05) is 0 Å². The van der Waals surface area contributed by atoms with Gasteiger partial charge in [-0.2, -0.15) is 0 Å². The molecule has 0 aliphatic heterocycles. The Bertz CT molecular complexity index is 334. The zero-order valence-corrected chi connectivity index (χ0v) is 11.7. The van der Waals surface area contributed by atoms with Crippen LogP contribution in [0.1, 0.15) is 63.5 Å². The zero-order chi connectivity index (χ0) is 13.4. The summed E-state index contributed by atoms with van der Waals surface area (Å²) in [6.07, 6.45) is 7.16. The van der Waals surface area contributed by atoms with Gasteiger partial charge in [-0.1, -0.05) is 57.0 Å². The Hall–Kier alpha value is -0.600. The van der Waals surface area contributed by atoms with Crippen molar-refractivity contribution in [1.29, 1.82) is 0 Å². The number of benzene rings is 1. The Kier molecular flexibility index (Phi) is 7.29. The molecule has 3 heteroatoms. The van der Waals surface area contributed by atoms with Crippen molar-refractivity contribution < 1.29 is 9.50 Å². The van der Waals surface area contributed by atoms with Crippen LogP contribution in [-0.2, 0) is 0 Å². The third kappa shape index (κ3) is 5.83. The molecule has 0 radical (unpaired) electrons. The minimum Gasteiger partial charge on any atom is -0.388 e. The third-order valence-electron chi connectivity index (χ3n) is 3.10. The molecule has 0 saturated heterocycles. The van der Waals surface area contributed by atoms with Gasteiger partial charge in [0, 0.05) is 5.02 Å². The fourth-order valence-corrected chi connectivity index (χ4v) is 2.28. The van der Waals surface area contributed by atoms with Crippen LogP contribution in [-0.4, -0.2) is 5.11 Å². The van der Waals surface area contributed by atoms with E-state index in [1.807, 2.05) is 0 Å². The normalized spacial score (nSPS) is 12.7. The lowest BCUT2D eigenvalue weighted by atomic mass is 10.0. The van der Waals surface area contributed by atoms with Gasteiger partial charge >= 0.3 is 0 Å². The molecule has 0 aliphatic carbocycles. The van der Waals surface area contributed by atoms with Crippen molar-refractivity contribution in [1.82, 2.24) is 0 Å². The van der Waals surface area contributed by atoms with Gasteiger partial charge in [0.05, 0.1) is 6.10 Å². The highest BCUT2D eigenvalue weighted by Crippen LogP contribution is 2.24. The fourth-order valence-electron chi connectivity index (χ4n) is 2.05. The Labute approximate surface area is 114 Å². The molecular weight excluding hydrogens is 251 g/mol. The summed E-state index contributed by atoms with van der Waals surface area (Å²) in [6, 6.07) is 4.24. The van der Waals surface area contributed by atoms with Gasteiger partial charge in [-0.3, -0.25) is 0 Å². The predicted octanol–water partition coefficient (Wildman–Crippen LogP) is 5.26. The van der Waals surface area contributed by atoms with Crippen molar-refractivity contribution in [3.8, 4) is 0 Å². The molecule has 0 amide bonds. The molecule has 1 unspecified atom stereocenters. The Morgan fingerprint density at radius 2 is 1.78 bits per heavy atom. The van der Waals surface area contributed by atoms with Gasteiger partial charge in [0.1, 0.15) is 5.82 Å². The summed E-state index contributed by atoms with van der Waals surface area (Å²) in [5, 5.41) is 10.3. The first kappa shape index (κ1) is 15.5. The summed E-state index contributed by atoms with van der Waals surface area (Å²) < 4.78 is 13.1. The van der Waals surface area contributed by atoms with Gasteiger partial charge < -0.3 is 5.11 Å². The molecular formula is C15H22ClFO. The highest BCUT2D eigenvalue weighted by atomic mass is 35.5. The molecule has 0 fully saturated rings. The Morgan fingerprint density at radius 3 is 2.44 bits per heavy atom. The lowest BCUT2D eigenvalue weighted by molar-refractivity contribution is 0.163. The molecule has 1 nitrogen and oxygen atoms in total. The number of hydrogen-bond donors (Lipinski definition) is 1. The molecule has 1 N–H and O–H groups in total. The van der Waals surface area contributed by atoms with E-state index in [0.717, 1.165) is 12.8 Å². The molecule has 1 atom stereocenters. The highest BCUT2D eigenvalue weighted by Gasteiger charge is 2.09. The maximum atomic E-state index is 13.1. The number of rotatable bonds is 8. The molecule has 1 aromatic carbocycles. The Balaban J connectivity index is 2.29. The molecule has 0 aromatic heterocycles. The predicted molar refractivity (Wildman–Crippen MR) is 74.4 cm³/mol. The minimum absolute atomic E-state index is 0.340. The quantitative estimate of drug-likeness (QED) is 0.640. The second kappa shape index (κ2) is 8.49. The van der Waals surface area contributed by atoms with Crippen molar-refractivity contribution in [3.63, 3.8) is 0 Å². The van der Waals surface area contributed by atoms with E-state index >= 15 is 0 Å². The third-order valence-corrected chi connectivity index (χ3v) is 3.32. The lowest BCUT2D eigenvalue weighted by Gasteiger charge is -2.11. The lowest BCUT2D eigenvalue weighted by Crippen LogP contribution is -1.98. The van der Waals surface area contributed by atoms with Crippen LogP contribution in [0.3, 0.4) is 0 Å². The van der Waals surface area contributed by atoms with Crippen LogP contribution < -0.4 is 0 Å². The van der Waals surface area contributed by atoms with Crippen molar-refractivity contribution in [3.05, 3.63) is 34.6 Å². The first-order valence-corrected chi connectivity index (χ1v) is 7.15. The monoisotopic (exact) mass is 272 g/mol. The number of hydrogen-bond acceptors (Lipinski definition) is 1. The van der Waals surface area contributed by atoms with E-state index in [0.29, 0.717) is 17.0 Å². The molecule has 0 aliphatic rings. The molecule has 0 saturated carbocycles. The molecule has 0 heterocycles. The van der Waals surface area contributed by atoms with Gasteiger partial charge in [0.2, 0.25) is 0 Å². The van der Waals surface area contributed by atoms with Crippen molar-refractivity contribution >= 4 is 11.6 Å². The van der Waals surface area contributed by atoms with E-state index in [4.69, 9.17) is 11.6 Å². The van der Waals surface area contributed by atoms with Gasteiger partial charge in [-0.25, -0.2) is 4.39 Å². The number of halogens is 2. The number of aliphatic hydroxyl groups is 1. The van der Waals surface area contributed by atoms with Crippen LogP contribution in [0.4, 0.5) is 4.39 Å². The highest BCUT2D eigenvalue weighted by molar-refractivity contribution is 6.30. The molecule has 102 valence electrons. The van der Waals surface area contributed by atoms with E-state index in [9.17, 15) is 9.50 Å². The summed E-state index contributed by atoms with van der Waals surface area (Å²) in [4.78, 5) is 0. The van der Waals surface area contributed by atoms with E-state index in [2.05, 4.69) is 6.92 Å². The van der Waals surface area contributed by atoms with Gasteiger partial charge in [0.25, 0.3) is 0 Å². The number of unbranched alkanes of at least 4 members (excludes halogenated alkanes) is 5. The summed E-state index contributed by atoms with van der Waals surface area (Å²) >= 11 is 5.76. The fraction of sp³-hybridized carbons (Fsp3) is 0.600. The average molecular weight is 273 g/mol. The molecule has 18 heavy (non-hydrogen) atoms. The van der Waals surface area contributed by atoms with Crippen LogP contribution in [0.5, 0.6) is 0 Å². The van der Waals surface area contributed by atoms with Gasteiger partial charge in [0.15, 0.2) is 0 Å². The smallest absolute Gasteiger partial charge is 0.125 e. The maximum absolute atomic E-state index is 13.1. The molecule has 1 rings (SSSR count). The van der Waals surface area contributed by atoms with Crippen LogP contribution in [0.25, 0.3) is 0 Å². The van der Waals surface area contributed by atoms with Crippen molar-refractivity contribution in [2.45, 2.75) is 58.0 Å². The molecule has 0 bridgehead atoms. The largest absolute Gasteiger partial charge is 0.388 e. The second-order valence-electron chi connectivity index (χ2n) is 4.78. The van der Waals surface area contributed by atoms with Gasteiger partial charge in [-0.15, -0.1) is 0 Å². The van der Waals surface area contributed by atoms with Crippen LogP contribution in [0.15, 0.2) is 18.2 Å². The van der Waals surface area contributed by atoms with Crippen molar-refractivity contribution in [2.24, 2.45) is 0 Å². The van der Waals surface area contributed by atoms with E-state index in [1.54, 1.807) is 6.07 Å². The SMILES string of the molecule is CCCCCCCCC(O)c1cc(F)cc(Cl)c1. The van der Waals surface area contributed by atoms with Gasteiger partial charge in [-0.05, 0) is 30.2 Å². The minimum atomic E-state index is -0.607. The number of aliphatic hydroxyl groups excluding tert-OH is 1. The molecule has 0 spiro atoms. The van der Waals surface area contributed by atoms with E-state index < -0.39 is 6.10 Å². The first-order chi connectivity index (χ1) is 8.63. The summed E-state index contributed by atoms with van der Waals surface area (Å²) in [5.41, 5.74) is 0.577. The average Bonchev–Trinajstić information content (AvgIpc) is 2.32. The summed E-state index contributed by atoms with van der Waals surface area (Å²) in [7, 11) is 0. The van der Waals surface area contributed by atoms with Crippen LogP contribution >= 0.6 is 11.6 Å². The summed E-state index contributed by atoms with van der Waals surface area (Å²) in [6.45, 7) is 2.19. The summed E-state index contributed by atoms with van der Waals surface area (Å²) in [5.74, 6) is -0.389. The van der Waals surface area contributed by atoms with E-state index in [1.165, 1.54) is 37.8 Å². The van der Waals surface area contributed by atoms with E-state index in [-0.39, 0.29) is 5.82 Å². The standard InChI is InChI=1S/C15H22ClFO/c1-2-3-4-5-6-7-8-15(18)12-9-13(16)11-14(17)10-12/h9-11,15,18H,2-8H2,1H3. The van der Waals surface area contributed by atoms with Crippen LogP contribution in [0, 0.1) is 5.82 Å². The maximum Gasteiger partial charge on any atom is 0.125 e. The first-order valence-electron chi connectivity index (χ1n) is 6.77.